The number of piperidine rings is 1. The van der Waals surface area contributed by atoms with Gasteiger partial charge in [0.15, 0.2) is 0 Å². The van der Waals surface area contributed by atoms with Crippen molar-refractivity contribution < 1.29 is 9.59 Å². The van der Waals surface area contributed by atoms with Crippen molar-refractivity contribution in [2.24, 2.45) is 0 Å². The van der Waals surface area contributed by atoms with Crippen LogP contribution in [-0.4, -0.2) is 25.0 Å². The van der Waals surface area contributed by atoms with Gasteiger partial charge in [-0.3, -0.25) is 4.79 Å². The van der Waals surface area contributed by atoms with Gasteiger partial charge in [0.05, 0.1) is 0 Å². The lowest BCUT2D eigenvalue weighted by atomic mass is 10.1. The van der Waals surface area contributed by atoms with Crippen molar-refractivity contribution in [3.63, 3.8) is 0 Å². The SMILES string of the molecule is Cc1cc(NC(=O)NCCc2ccccc2)ccc1N1CCCCC1=O. The van der Waals surface area contributed by atoms with Crippen LogP contribution in [0, 0.1) is 6.92 Å². The fourth-order valence-corrected chi connectivity index (χ4v) is 3.24. The Balaban J connectivity index is 1.53. The minimum absolute atomic E-state index is 0.179. The van der Waals surface area contributed by atoms with E-state index in [1.807, 2.05) is 60.4 Å². The summed E-state index contributed by atoms with van der Waals surface area (Å²) in [4.78, 5) is 26.0. The highest BCUT2D eigenvalue weighted by Gasteiger charge is 2.21. The van der Waals surface area contributed by atoms with Crippen LogP contribution in [0.25, 0.3) is 0 Å². The molecule has 1 aliphatic heterocycles. The Kier molecular flexibility index (Phi) is 5.89. The second-order valence-corrected chi connectivity index (χ2v) is 6.62. The fourth-order valence-electron chi connectivity index (χ4n) is 3.24. The standard InChI is InChI=1S/C21H25N3O2/c1-16-15-18(10-11-19(16)24-14-6-5-9-20(24)25)23-21(26)22-13-12-17-7-3-2-4-8-17/h2-4,7-8,10-11,15H,5-6,9,12-14H2,1H3,(H2,22,23,26). The number of benzene rings is 2. The Morgan fingerprint density at radius 3 is 2.65 bits per heavy atom. The summed E-state index contributed by atoms with van der Waals surface area (Å²) in [5.74, 6) is 0.179. The zero-order valence-electron chi connectivity index (χ0n) is 15.1. The summed E-state index contributed by atoms with van der Waals surface area (Å²) < 4.78 is 0. The van der Waals surface area contributed by atoms with E-state index >= 15 is 0 Å². The molecule has 0 aliphatic carbocycles. The summed E-state index contributed by atoms with van der Waals surface area (Å²) in [6, 6.07) is 15.5. The number of urea groups is 1. The van der Waals surface area contributed by atoms with Crippen molar-refractivity contribution in [3.05, 3.63) is 59.7 Å². The van der Waals surface area contributed by atoms with E-state index in [4.69, 9.17) is 0 Å². The molecule has 3 amide bonds. The van der Waals surface area contributed by atoms with Crippen molar-refractivity contribution in [1.82, 2.24) is 5.32 Å². The predicted octanol–water partition coefficient (Wildman–Crippen LogP) is 3.88. The molecule has 0 spiro atoms. The number of hydrogen-bond acceptors (Lipinski definition) is 2. The van der Waals surface area contributed by atoms with Gasteiger partial charge in [-0.2, -0.15) is 0 Å². The molecule has 1 saturated heterocycles. The van der Waals surface area contributed by atoms with Crippen molar-refractivity contribution in [2.45, 2.75) is 32.6 Å². The maximum atomic E-state index is 12.1. The van der Waals surface area contributed by atoms with Crippen molar-refractivity contribution >= 4 is 23.3 Å². The quantitative estimate of drug-likeness (QED) is 0.859. The molecule has 0 aromatic heterocycles. The van der Waals surface area contributed by atoms with Crippen LogP contribution in [0.15, 0.2) is 48.5 Å². The van der Waals surface area contributed by atoms with Crippen LogP contribution >= 0.6 is 0 Å². The van der Waals surface area contributed by atoms with E-state index in [2.05, 4.69) is 10.6 Å². The highest BCUT2D eigenvalue weighted by molar-refractivity contribution is 5.95. The maximum Gasteiger partial charge on any atom is 0.319 e. The zero-order chi connectivity index (χ0) is 18.4. The fraction of sp³-hybridized carbons (Fsp3) is 0.333. The van der Waals surface area contributed by atoms with Crippen molar-refractivity contribution in [2.75, 3.05) is 23.3 Å². The van der Waals surface area contributed by atoms with Gasteiger partial charge in [0.2, 0.25) is 5.91 Å². The largest absolute Gasteiger partial charge is 0.338 e. The van der Waals surface area contributed by atoms with E-state index in [-0.39, 0.29) is 11.9 Å². The minimum Gasteiger partial charge on any atom is -0.338 e. The second-order valence-electron chi connectivity index (χ2n) is 6.62. The first-order valence-corrected chi connectivity index (χ1v) is 9.13. The highest BCUT2D eigenvalue weighted by atomic mass is 16.2. The first-order valence-electron chi connectivity index (χ1n) is 9.13. The molecular weight excluding hydrogens is 326 g/mol. The van der Waals surface area contributed by atoms with Gasteiger partial charge in [0, 0.05) is 30.9 Å². The third kappa shape index (κ3) is 4.63. The number of amides is 3. The molecule has 2 aromatic carbocycles. The molecule has 1 heterocycles. The molecule has 2 aromatic rings. The molecule has 0 bridgehead atoms. The van der Waals surface area contributed by atoms with Crippen LogP contribution in [0.2, 0.25) is 0 Å². The second kappa shape index (κ2) is 8.52. The van der Waals surface area contributed by atoms with Gasteiger partial charge in [-0.1, -0.05) is 30.3 Å². The first kappa shape index (κ1) is 18.0. The molecule has 0 unspecified atom stereocenters. The molecule has 1 aliphatic rings. The number of aryl methyl sites for hydroxylation is 1. The van der Waals surface area contributed by atoms with Crippen LogP contribution in [0.1, 0.15) is 30.4 Å². The van der Waals surface area contributed by atoms with E-state index in [1.54, 1.807) is 0 Å². The van der Waals surface area contributed by atoms with Gasteiger partial charge < -0.3 is 15.5 Å². The van der Waals surface area contributed by atoms with Gasteiger partial charge in [0.1, 0.15) is 0 Å². The average molecular weight is 351 g/mol. The van der Waals surface area contributed by atoms with Gasteiger partial charge in [-0.05, 0) is 55.5 Å². The summed E-state index contributed by atoms with van der Waals surface area (Å²) in [6.45, 7) is 3.32. The molecule has 5 heteroatoms. The lowest BCUT2D eigenvalue weighted by molar-refractivity contribution is -0.119. The summed E-state index contributed by atoms with van der Waals surface area (Å²) >= 11 is 0. The van der Waals surface area contributed by atoms with E-state index in [0.29, 0.717) is 13.0 Å². The monoisotopic (exact) mass is 351 g/mol. The van der Waals surface area contributed by atoms with Crippen LogP contribution in [0.3, 0.4) is 0 Å². The third-order valence-corrected chi connectivity index (χ3v) is 4.61. The van der Waals surface area contributed by atoms with Gasteiger partial charge in [-0.25, -0.2) is 4.79 Å². The summed E-state index contributed by atoms with van der Waals surface area (Å²) in [7, 11) is 0. The number of rotatable bonds is 5. The third-order valence-electron chi connectivity index (χ3n) is 4.61. The van der Waals surface area contributed by atoms with Crippen molar-refractivity contribution in [1.29, 1.82) is 0 Å². The van der Waals surface area contributed by atoms with Crippen LogP contribution in [0.5, 0.6) is 0 Å². The zero-order valence-corrected chi connectivity index (χ0v) is 15.1. The molecule has 0 radical (unpaired) electrons. The Labute approximate surface area is 154 Å². The molecule has 136 valence electrons. The molecule has 0 atom stereocenters. The van der Waals surface area contributed by atoms with Gasteiger partial charge >= 0.3 is 6.03 Å². The molecule has 3 rings (SSSR count). The van der Waals surface area contributed by atoms with Crippen LogP contribution in [-0.2, 0) is 11.2 Å². The van der Waals surface area contributed by atoms with Crippen LogP contribution < -0.4 is 15.5 Å². The van der Waals surface area contributed by atoms with Crippen LogP contribution in [0.4, 0.5) is 16.2 Å². The number of hydrogen-bond donors (Lipinski definition) is 2. The Hall–Kier alpha value is -2.82. The Morgan fingerprint density at radius 2 is 1.92 bits per heavy atom. The molecule has 2 N–H and O–H groups in total. The van der Waals surface area contributed by atoms with E-state index < -0.39 is 0 Å². The number of nitrogens with zero attached hydrogens (tertiary/aromatic N) is 1. The summed E-state index contributed by atoms with van der Waals surface area (Å²) in [6.07, 6.45) is 3.42. The molecular formula is C21H25N3O2. The Morgan fingerprint density at radius 1 is 1.12 bits per heavy atom. The summed E-state index contributed by atoms with van der Waals surface area (Å²) in [5, 5.41) is 5.73. The van der Waals surface area contributed by atoms with E-state index in [1.165, 1.54) is 5.56 Å². The average Bonchev–Trinajstić information content (AvgIpc) is 2.64. The molecule has 26 heavy (non-hydrogen) atoms. The Bertz CT molecular complexity index is 774. The number of carbonyl (C=O) groups excluding carboxylic acids is 2. The normalized spacial score (nSPS) is 14.2. The molecule has 1 fully saturated rings. The van der Waals surface area contributed by atoms with E-state index in [9.17, 15) is 9.59 Å². The van der Waals surface area contributed by atoms with Crippen molar-refractivity contribution in [3.8, 4) is 0 Å². The lowest BCUT2D eigenvalue weighted by Crippen LogP contribution is -2.35. The first-order chi connectivity index (χ1) is 12.6. The topological polar surface area (TPSA) is 61.4 Å². The van der Waals surface area contributed by atoms with Gasteiger partial charge in [-0.15, -0.1) is 0 Å². The predicted molar refractivity (Wildman–Crippen MR) is 105 cm³/mol. The maximum absolute atomic E-state index is 12.1. The molecule has 0 saturated carbocycles. The number of carbonyl (C=O) groups is 2. The minimum atomic E-state index is -0.220. The van der Waals surface area contributed by atoms with Gasteiger partial charge in [0.25, 0.3) is 0 Å². The number of nitrogens with one attached hydrogen (secondary N) is 2. The van der Waals surface area contributed by atoms with E-state index in [0.717, 1.165) is 42.7 Å². The lowest BCUT2D eigenvalue weighted by Gasteiger charge is -2.28. The highest BCUT2D eigenvalue weighted by Crippen LogP contribution is 2.27. The smallest absolute Gasteiger partial charge is 0.319 e. The summed E-state index contributed by atoms with van der Waals surface area (Å²) in [5.41, 5.74) is 3.85. The number of anilines is 2. The molecule has 5 nitrogen and oxygen atoms in total.